The molecule has 0 spiro atoms. The Bertz CT molecular complexity index is 696. The van der Waals surface area contributed by atoms with Gasteiger partial charge in [0.25, 0.3) is 0 Å². The number of aliphatic imine (C=N–C) groups is 1. The van der Waals surface area contributed by atoms with Crippen LogP contribution in [0.5, 0.6) is 0 Å². The number of fused-ring (bicyclic) bond motifs is 1. The molecule has 100 valence electrons. The van der Waals surface area contributed by atoms with Gasteiger partial charge in [-0.3, -0.25) is 9.98 Å². The second-order valence-electron chi connectivity index (χ2n) is 5.19. The zero-order valence-corrected chi connectivity index (χ0v) is 11.9. The number of benzene rings is 1. The van der Waals surface area contributed by atoms with Crippen molar-refractivity contribution in [3.63, 3.8) is 0 Å². The summed E-state index contributed by atoms with van der Waals surface area (Å²) in [6, 6.07) is 10.4. The van der Waals surface area contributed by atoms with E-state index in [1.165, 1.54) is 11.1 Å². The molecular formula is C18H18N2. The van der Waals surface area contributed by atoms with E-state index < -0.39 is 0 Å². The summed E-state index contributed by atoms with van der Waals surface area (Å²) in [5, 5.41) is 0. The van der Waals surface area contributed by atoms with Gasteiger partial charge in [-0.1, -0.05) is 24.3 Å². The van der Waals surface area contributed by atoms with E-state index in [9.17, 15) is 0 Å². The van der Waals surface area contributed by atoms with Crippen molar-refractivity contribution in [3.8, 4) is 0 Å². The lowest BCUT2D eigenvalue weighted by Crippen LogP contribution is -2.02. The molecule has 20 heavy (non-hydrogen) atoms. The van der Waals surface area contributed by atoms with Gasteiger partial charge in [-0.15, -0.1) is 0 Å². The summed E-state index contributed by atoms with van der Waals surface area (Å²) in [6.45, 7) is 4.14. The van der Waals surface area contributed by atoms with Crippen molar-refractivity contribution >= 4 is 17.5 Å². The van der Waals surface area contributed by atoms with Crippen molar-refractivity contribution < 1.29 is 0 Å². The number of allylic oxidation sites excluding steroid dienone is 1. The van der Waals surface area contributed by atoms with Gasteiger partial charge in [-0.2, -0.15) is 0 Å². The molecule has 3 rings (SSSR count). The van der Waals surface area contributed by atoms with Crippen LogP contribution in [0.1, 0.15) is 35.7 Å². The summed E-state index contributed by atoms with van der Waals surface area (Å²) in [5.74, 6) is 0. The molecule has 0 atom stereocenters. The lowest BCUT2D eigenvalue weighted by molar-refractivity contribution is 0.963. The van der Waals surface area contributed by atoms with Crippen molar-refractivity contribution in [2.24, 2.45) is 4.99 Å². The fraction of sp³-hybridized carbons (Fsp3) is 0.222. The number of hydrogen-bond acceptors (Lipinski definition) is 2. The molecule has 1 aliphatic carbocycles. The van der Waals surface area contributed by atoms with Crippen molar-refractivity contribution in [1.29, 1.82) is 0 Å². The number of aryl methyl sites for hydroxylation is 2. The van der Waals surface area contributed by atoms with E-state index in [4.69, 9.17) is 4.99 Å². The Labute approximate surface area is 119 Å². The summed E-state index contributed by atoms with van der Waals surface area (Å²) >= 11 is 0. The number of aromatic nitrogens is 1. The second kappa shape index (κ2) is 5.41. The normalized spacial score (nSPS) is 14.2. The molecule has 0 unspecified atom stereocenters. The van der Waals surface area contributed by atoms with Crippen LogP contribution in [0.25, 0.3) is 6.08 Å². The summed E-state index contributed by atoms with van der Waals surface area (Å²) in [5.41, 5.74) is 6.78. The average molecular weight is 262 g/mol. The van der Waals surface area contributed by atoms with Crippen molar-refractivity contribution in [3.05, 3.63) is 65.0 Å². The van der Waals surface area contributed by atoms with Crippen molar-refractivity contribution in [1.82, 2.24) is 4.98 Å². The fourth-order valence-electron chi connectivity index (χ4n) is 2.44. The quantitative estimate of drug-likeness (QED) is 0.732. The van der Waals surface area contributed by atoms with Crippen LogP contribution < -0.4 is 0 Å². The summed E-state index contributed by atoms with van der Waals surface area (Å²) in [7, 11) is 0. The van der Waals surface area contributed by atoms with Gasteiger partial charge < -0.3 is 0 Å². The highest BCUT2D eigenvalue weighted by molar-refractivity contribution is 6.00. The number of rotatable bonds is 2. The standard InChI is InChI=1S/C18H18N2/c1-13-7-3-5-9-17(13)20-14(2)16-11-15-8-4-6-10-18(15)19-12-16/h3,5-7,9-12H,4,8H2,1-2H3/b20-14+. The van der Waals surface area contributed by atoms with Crippen LogP contribution in [0.4, 0.5) is 5.69 Å². The Morgan fingerprint density at radius 1 is 1.25 bits per heavy atom. The maximum absolute atomic E-state index is 4.74. The molecule has 2 heteroatoms. The SMILES string of the molecule is C/C(=N\c1ccccc1C)c1cnc2c(c1)CCC=C2. The molecule has 0 aliphatic heterocycles. The van der Waals surface area contributed by atoms with E-state index in [0.29, 0.717) is 0 Å². The van der Waals surface area contributed by atoms with E-state index >= 15 is 0 Å². The van der Waals surface area contributed by atoms with Gasteiger partial charge in [0.1, 0.15) is 0 Å². The average Bonchev–Trinajstić information content (AvgIpc) is 2.49. The van der Waals surface area contributed by atoms with Gasteiger partial charge in [-0.05, 0) is 56.0 Å². The molecule has 0 saturated heterocycles. The van der Waals surface area contributed by atoms with Gasteiger partial charge in [0.2, 0.25) is 0 Å². The van der Waals surface area contributed by atoms with Crippen molar-refractivity contribution in [2.45, 2.75) is 26.7 Å². The van der Waals surface area contributed by atoms with E-state index in [0.717, 1.165) is 35.5 Å². The molecule has 0 radical (unpaired) electrons. The van der Waals surface area contributed by atoms with Crippen LogP contribution >= 0.6 is 0 Å². The van der Waals surface area contributed by atoms with Crippen LogP contribution in [0, 0.1) is 6.92 Å². The molecule has 0 fully saturated rings. The zero-order valence-electron chi connectivity index (χ0n) is 11.9. The molecule has 1 heterocycles. The van der Waals surface area contributed by atoms with Crippen LogP contribution in [0.2, 0.25) is 0 Å². The smallest absolute Gasteiger partial charge is 0.0662 e. The minimum Gasteiger partial charge on any atom is -0.256 e. The first-order chi connectivity index (χ1) is 9.74. The lowest BCUT2D eigenvalue weighted by atomic mass is 9.99. The predicted molar refractivity (Wildman–Crippen MR) is 84.6 cm³/mol. The topological polar surface area (TPSA) is 25.2 Å². The second-order valence-corrected chi connectivity index (χ2v) is 5.19. The molecule has 1 aliphatic rings. The first-order valence-electron chi connectivity index (χ1n) is 7.01. The largest absolute Gasteiger partial charge is 0.256 e. The van der Waals surface area contributed by atoms with Crippen LogP contribution in [0.3, 0.4) is 0 Å². The highest BCUT2D eigenvalue weighted by atomic mass is 14.8. The molecule has 0 amide bonds. The first-order valence-corrected chi connectivity index (χ1v) is 7.01. The Balaban J connectivity index is 1.97. The minimum absolute atomic E-state index is 1.02. The molecule has 2 nitrogen and oxygen atoms in total. The maximum atomic E-state index is 4.74. The van der Waals surface area contributed by atoms with Crippen LogP contribution in [-0.2, 0) is 6.42 Å². The minimum atomic E-state index is 1.02. The Morgan fingerprint density at radius 2 is 2.10 bits per heavy atom. The lowest BCUT2D eigenvalue weighted by Gasteiger charge is -2.11. The number of nitrogens with zero attached hydrogens (tertiary/aromatic N) is 2. The molecule has 0 N–H and O–H groups in total. The highest BCUT2D eigenvalue weighted by Crippen LogP contribution is 2.21. The van der Waals surface area contributed by atoms with E-state index in [-0.39, 0.29) is 0 Å². The Hall–Kier alpha value is -2.22. The maximum Gasteiger partial charge on any atom is 0.0662 e. The predicted octanol–water partition coefficient (Wildman–Crippen LogP) is 4.49. The molecular weight excluding hydrogens is 244 g/mol. The van der Waals surface area contributed by atoms with E-state index in [2.05, 4.69) is 43.1 Å². The number of para-hydroxylation sites is 1. The molecule has 2 aromatic rings. The van der Waals surface area contributed by atoms with Gasteiger partial charge in [0.05, 0.1) is 11.4 Å². The zero-order chi connectivity index (χ0) is 13.9. The van der Waals surface area contributed by atoms with Crippen LogP contribution in [-0.4, -0.2) is 10.7 Å². The molecule has 0 saturated carbocycles. The number of hydrogen-bond donors (Lipinski definition) is 0. The number of pyridine rings is 1. The monoisotopic (exact) mass is 262 g/mol. The third-order valence-electron chi connectivity index (χ3n) is 3.68. The van der Waals surface area contributed by atoms with Crippen LogP contribution in [0.15, 0.2) is 47.6 Å². The van der Waals surface area contributed by atoms with E-state index in [1.807, 2.05) is 24.4 Å². The van der Waals surface area contributed by atoms with Crippen molar-refractivity contribution in [2.75, 3.05) is 0 Å². The van der Waals surface area contributed by atoms with Gasteiger partial charge in [0, 0.05) is 17.5 Å². The summed E-state index contributed by atoms with van der Waals surface area (Å²) in [4.78, 5) is 9.27. The van der Waals surface area contributed by atoms with Gasteiger partial charge in [0.15, 0.2) is 0 Å². The summed E-state index contributed by atoms with van der Waals surface area (Å²) < 4.78 is 0. The first kappa shape index (κ1) is 12.8. The molecule has 1 aromatic heterocycles. The third kappa shape index (κ3) is 2.55. The van der Waals surface area contributed by atoms with E-state index in [1.54, 1.807) is 0 Å². The Morgan fingerprint density at radius 3 is 2.95 bits per heavy atom. The molecule has 1 aromatic carbocycles. The third-order valence-corrected chi connectivity index (χ3v) is 3.68. The fourth-order valence-corrected chi connectivity index (χ4v) is 2.44. The van der Waals surface area contributed by atoms with Gasteiger partial charge >= 0.3 is 0 Å². The highest BCUT2D eigenvalue weighted by Gasteiger charge is 2.08. The Kier molecular flexibility index (Phi) is 3.46. The summed E-state index contributed by atoms with van der Waals surface area (Å²) in [6.07, 6.45) is 8.39. The molecule has 0 bridgehead atoms. The van der Waals surface area contributed by atoms with Gasteiger partial charge in [-0.25, -0.2) is 0 Å².